The van der Waals surface area contributed by atoms with E-state index in [4.69, 9.17) is 0 Å². The van der Waals surface area contributed by atoms with Gasteiger partial charge in [-0.1, -0.05) is 12.1 Å². The molecule has 94 valence electrons. The zero-order chi connectivity index (χ0) is 12.2. The summed E-state index contributed by atoms with van der Waals surface area (Å²) < 4.78 is 0. The number of hydrogen-bond acceptors (Lipinski definition) is 3. The second kappa shape index (κ2) is 5.48. The Kier molecular flexibility index (Phi) is 3.55. The van der Waals surface area contributed by atoms with Crippen molar-refractivity contribution in [3.63, 3.8) is 0 Å². The average Bonchev–Trinajstić information content (AvgIpc) is 2.95. The Morgan fingerprint density at radius 2 is 2.17 bits per heavy atom. The molecule has 0 aliphatic carbocycles. The molecule has 1 aromatic carbocycles. The first-order chi connectivity index (χ1) is 8.92. The molecule has 3 rings (SSSR count). The maximum atomic E-state index is 4.04. The van der Waals surface area contributed by atoms with Gasteiger partial charge in [0.2, 0.25) is 0 Å². The van der Waals surface area contributed by atoms with E-state index in [1.165, 1.54) is 35.6 Å². The third-order valence-electron chi connectivity index (χ3n) is 3.23. The number of benzene rings is 1. The summed E-state index contributed by atoms with van der Waals surface area (Å²) in [6, 6.07) is 9.18. The predicted molar refractivity (Wildman–Crippen MR) is 78.0 cm³/mol. The predicted octanol–water partition coefficient (Wildman–Crippen LogP) is 3.38. The first-order valence-corrected chi connectivity index (χ1v) is 7.50. The summed E-state index contributed by atoms with van der Waals surface area (Å²) in [5.74, 6) is 2.54. The molecule has 0 bridgehead atoms. The summed E-state index contributed by atoms with van der Waals surface area (Å²) in [5, 5.41) is 3.61. The van der Waals surface area contributed by atoms with Crippen LogP contribution in [0.15, 0.2) is 36.8 Å². The lowest BCUT2D eigenvalue weighted by Crippen LogP contribution is -2.25. The van der Waals surface area contributed by atoms with Gasteiger partial charge in [-0.15, -0.1) is 0 Å². The van der Waals surface area contributed by atoms with E-state index in [-0.39, 0.29) is 0 Å². The Balaban J connectivity index is 1.67. The second-order valence-corrected chi connectivity index (χ2v) is 5.75. The van der Waals surface area contributed by atoms with Crippen LogP contribution in [0.3, 0.4) is 0 Å². The van der Waals surface area contributed by atoms with E-state index >= 15 is 0 Å². The van der Waals surface area contributed by atoms with Gasteiger partial charge in [0.1, 0.15) is 0 Å². The van der Waals surface area contributed by atoms with Crippen LogP contribution in [0.2, 0.25) is 0 Å². The monoisotopic (exact) mass is 259 g/mol. The standard InChI is InChI=1S/C14H17N3S/c1-2-13(9-18-7-1)17-12-5-3-11(4-6-12)14-8-15-10-16-14/h3-6,8,10,13,17H,1-2,7,9H2,(H,15,16). The van der Waals surface area contributed by atoms with Crippen LogP contribution in [0.4, 0.5) is 5.69 Å². The fourth-order valence-electron chi connectivity index (χ4n) is 2.25. The Hall–Kier alpha value is -1.42. The lowest BCUT2D eigenvalue weighted by molar-refractivity contribution is 0.685. The average molecular weight is 259 g/mol. The van der Waals surface area contributed by atoms with Gasteiger partial charge in [0.25, 0.3) is 0 Å². The Bertz CT molecular complexity index is 472. The molecule has 1 aliphatic rings. The molecular formula is C14H17N3S. The molecule has 1 atom stereocenters. The highest BCUT2D eigenvalue weighted by atomic mass is 32.2. The normalized spacial score (nSPS) is 19.7. The Morgan fingerprint density at radius 1 is 1.28 bits per heavy atom. The van der Waals surface area contributed by atoms with Gasteiger partial charge >= 0.3 is 0 Å². The van der Waals surface area contributed by atoms with E-state index in [2.05, 4.69) is 39.6 Å². The highest BCUT2D eigenvalue weighted by molar-refractivity contribution is 7.99. The van der Waals surface area contributed by atoms with Gasteiger partial charge in [0.15, 0.2) is 0 Å². The van der Waals surface area contributed by atoms with Crippen molar-refractivity contribution in [2.75, 3.05) is 16.8 Å². The van der Waals surface area contributed by atoms with E-state index in [9.17, 15) is 0 Å². The smallest absolute Gasteiger partial charge is 0.0924 e. The summed E-state index contributed by atoms with van der Waals surface area (Å²) in [6.07, 6.45) is 6.17. The first kappa shape index (κ1) is 11.7. The van der Waals surface area contributed by atoms with E-state index in [0.29, 0.717) is 6.04 Å². The minimum atomic E-state index is 0.627. The fourth-order valence-corrected chi connectivity index (χ4v) is 3.32. The molecule has 0 radical (unpaired) electrons. The number of thioether (sulfide) groups is 1. The summed E-state index contributed by atoms with van der Waals surface area (Å²) >= 11 is 2.05. The minimum Gasteiger partial charge on any atom is -0.381 e. The first-order valence-electron chi connectivity index (χ1n) is 6.35. The van der Waals surface area contributed by atoms with Gasteiger partial charge in [-0.25, -0.2) is 4.98 Å². The van der Waals surface area contributed by atoms with Crippen LogP contribution in [-0.2, 0) is 0 Å². The largest absolute Gasteiger partial charge is 0.381 e. The molecule has 0 amide bonds. The van der Waals surface area contributed by atoms with Crippen LogP contribution in [0.5, 0.6) is 0 Å². The van der Waals surface area contributed by atoms with Crippen molar-refractivity contribution in [1.82, 2.24) is 9.97 Å². The number of H-pyrrole nitrogens is 1. The van der Waals surface area contributed by atoms with Crippen molar-refractivity contribution in [3.8, 4) is 11.3 Å². The van der Waals surface area contributed by atoms with Crippen LogP contribution in [0.25, 0.3) is 11.3 Å². The molecule has 2 heterocycles. The maximum absolute atomic E-state index is 4.04. The lowest BCUT2D eigenvalue weighted by atomic mass is 10.1. The van der Waals surface area contributed by atoms with Crippen molar-refractivity contribution >= 4 is 17.4 Å². The highest BCUT2D eigenvalue weighted by Gasteiger charge is 2.13. The number of rotatable bonds is 3. The number of imidazole rings is 1. The quantitative estimate of drug-likeness (QED) is 0.887. The van der Waals surface area contributed by atoms with Crippen molar-refractivity contribution in [2.24, 2.45) is 0 Å². The number of anilines is 1. The Labute approximate surface area is 111 Å². The van der Waals surface area contributed by atoms with Gasteiger partial charge in [0.05, 0.1) is 18.2 Å². The van der Waals surface area contributed by atoms with Crippen LogP contribution >= 0.6 is 11.8 Å². The topological polar surface area (TPSA) is 40.7 Å². The third kappa shape index (κ3) is 2.70. The van der Waals surface area contributed by atoms with E-state index in [1.54, 1.807) is 6.33 Å². The molecule has 2 aromatic rings. The summed E-state index contributed by atoms with van der Waals surface area (Å²) in [4.78, 5) is 7.16. The Morgan fingerprint density at radius 3 is 2.83 bits per heavy atom. The van der Waals surface area contributed by atoms with Crippen molar-refractivity contribution in [3.05, 3.63) is 36.8 Å². The SMILES string of the molecule is c1ncc(-c2ccc(NC3CCCSC3)cc2)[nH]1. The maximum Gasteiger partial charge on any atom is 0.0924 e. The lowest BCUT2D eigenvalue weighted by Gasteiger charge is -2.23. The molecule has 4 heteroatoms. The summed E-state index contributed by atoms with van der Waals surface area (Å²) in [6.45, 7) is 0. The van der Waals surface area contributed by atoms with E-state index in [0.717, 1.165) is 5.69 Å². The van der Waals surface area contributed by atoms with Gasteiger partial charge < -0.3 is 10.3 Å². The van der Waals surface area contributed by atoms with Crippen LogP contribution in [-0.4, -0.2) is 27.5 Å². The molecule has 3 nitrogen and oxygen atoms in total. The molecule has 1 fully saturated rings. The molecule has 1 aliphatic heterocycles. The summed E-state index contributed by atoms with van der Waals surface area (Å²) in [5.41, 5.74) is 3.46. The van der Waals surface area contributed by atoms with E-state index < -0.39 is 0 Å². The third-order valence-corrected chi connectivity index (χ3v) is 4.44. The van der Waals surface area contributed by atoms with Crippen molar-refractivity contribution < 1.29 is 0 Å². The van der Waals surface area contributed by atoms with Gasteiger partial charge in [-0.05, 0) is 36.3 Å². The molecule has 1 aromatic heterocycles. The van der Waals surface area contributed by atoms with Crippen molar-refractivity contribution in [2.45, 2.75) is 18.9 Å². The van der Waals surface area contributed by atoms with Crippen LogP contribution in [0, 0.1) is 0 Å². The zero-order valence-electron chi connectivity index (χ0n) is 10.2. The van der Waals surface area contributed by atoms with Crippen LogP contribution in [0.1, 0.15) is 12.8 Å². The number of aromatic amines is 1. The van der Waals surface area contributed by atoms with Crippen LogP contribution < -0.4 is 5.32 Å². The van der Waals surface area contributed by atoms with Gasteiger partial charge in [-0.3, -0.25) is 0 Å². The second-order valence-electron chi connectivity index (χ2n) is 4.60. The molecule has 0 spiro atoms. The minimum absolute atomic E-state index is 0.627. The van der Waals surface area contributed by atoms with Gasteiger partial charge in [-0.2, -0.15) is 11.8 Å². The number of aromatic nitrogens is 2. The molecule has 0 saturated carbocycles. The molecule has 18 heavy (non-hydrogen) atoms. The number of nitrogens with one attached hydrogen (secondary N) is 2. The molecular weight excluding hydrogens is 242 g/mol. The molecule has 1 unspecified atom stereocenters. The number of nitrogens with zero attached hydrogens (tertiary/aromatic N) is 1. The fraction of sp³-hybridized carbons (Fsp3) is 0.357. The van der Waals surface area contributed by atoms with E-state index in [1.807, 2.05) is 18.0 Å². The zero-order valence-corrected chi connectivity index (χ0v) is 11.0. The summed E-state index contributed by atoms with van der Waals surface area (Å²) in [7, 11) is 0. The van der Waals surface area contributed by atoms with Gasteiger partial charge in [0, 0.05) is 17.5 Å². The number of hydrogen-bond donors (Lipinski definition) is 2. The molecule has 2 N–H and O–H groups in total. The highest BCUT2D eigenvalue weighted by Crippen LogP contribution is 2.23. The van der Waals surface area contributed by atoms with Crippen molar-refractivity contribution in [1.29, 1.82) is 0 Å². The molecule has 1 saturated heterocycles.